The number of rotatable bonds is 4. The molecule has 1 fully saturated rings. The fraction of sp³-hybridized carbons (Fsp3) is 0.417. The topological polar surface area (TPSA) is 92.8 Å². The highest BCUT2D eigenvalue weighted by Crippen LogP contribution is 2.36. The Morgan fingerprint density at radius 3 is 2.67 bits per heavy atom. The Bertz CT molecular complexity index is 1040. The zero-order valence-electron chi connectivity index (χ0n) is 17.4. The number of aryl methyl sites for hydroxylation is 1. The number of aliphatic hydroxyl groups excluding tert-OH is 1. The number of carbonyl (C=O) groups is 2. The second-order valence-corrected chi connectivity index (χ2v) is 8.86. The molecule has 0 atom stereocenters. The molecule has 4 rings (SSSR count). The van der Waals surface area contributed by atoms with E-state index in [0.717, 1.165) is 12.1 Å². The van der Waals surface area contributed by atoms with Crippen LogP contribution in [0.1, 0.15) is 67.8 Å². The Hall–Kier alpha value is -3.02. The molecule has 1 saturated carbocycles. The van der Waals surface area contributed by atoms with E-state index in [1.54, 1.807) is 0 Å². The number of fused-ring (bicyclic) bond motifs is 1. The van der Waals surface area contributed by atoms with Gasteiger partial charge >= 0.3 is 0 Å². The number of Topliss-reactive ketones (excluding diaryl/α,β-unsaturated/α-hetero) is 2. The number of aliphatic hydroxyl groups is 1. The standard InChI is InChI=1S/C24H26N2O4/c1-24(2)13-20(29)23-17(26-30-21(23)14-24)11-12-19(28)22-16(9-6-10-18(22)27)25-15-7-4-3-5-8-15/h3-5,7-8,28H,6,9-14H2,1-2H3/b22-19+,25-16?. The van der Waals surface area contributed by atoms with Crippen LogP contribution in [0.3, 0.4) is 0 Å². The maximum atomic E-state index is 12.6. The van der Waals surface area contributed by atoms with E-state index in [1.165, 1.54) is 0 Å². The average Bonchev–Trinajstić information content (AvgIpc) is 3.09. The molecule has 2 aliphatic rings. The van der Waals surface area contributed by atoms with E-state index >= 15 is 0 Å². The van der Waals surface area contributed by atoms with Crippen molar-refractivity contribution >= 4 is 23.0 Å². The van der Waals surface area contributed by atoms with Crippen LogP contribution in [0.2, 0.25) is 0 Å². The first-order chi connectivity index (χ1) is 14.3. The number of hydrogen-bond donors (Lipinski definition) is 1. The number of ketones is 2. The van der Waals surface area contributed by atoms with Crippen LogP contribution in [0.5, 0.6) is 0 Å². The summed E-state index contributed by atoms with van der Waals surface area (Å²) in [4.78, 5) is 29.8. The number of para-hydroxylation sites is 1. The van der Waals surface area contributed by atoms with E-state index in [-0.39, 0.29) is 29.2 Å². The molecule has 1 N–H and O–H groups in total. The maximum absolute atomic E-state index is 12.6. The molecule has 1 aromatic carbocycles. The molecule has 0 amide bonds. The van der Waals surface area contributed by atoms with Crippen molar-refractivity contribution in [2.24, 2.45) is 10.4 Å². The lowest BCUT2D eigenvalue weighted by molar-refractivity contribution is -0.115. The lowest BCUT2D eigenvalue weighted by Gasteiger charge is -2.26. The summed E-state index contributed by atoms with van der Waals surface area (Å²) in [6.45, 7) is 4.07. The van der Waals surface area contributed by atoms with Gasteiger partial charge in [-0.05, 0) is 30.4 Å². The molecule has 1 aromatic heterocycles. The van der Waals surface area contributed by atoms with Crippen LogP contribution < -0.4 is 0 Å². The third-order valence-electron chi connectivity index (χ3n) is 5.68. The van der Waals surface area contributed by atoms with Crippen LogP contribution >= 0.6 is 0 Å². The van der Waals surface area contributed by atoms with Gasteiger partial charge in [0, 0.05) is 32.1 Å². The molecular formula is C24H26N2O4. The minimum absolute atomic E-state index is 0.00900. The summed E-state index contributed by atoms with van der Waals surface area (Å²) >= 11 is 0. The average molecular weight is 406 g/mol. The van der Waals surface area contributed by atoms with Crippen molar-refractivity contribution in [2.75, 3.05) is 0 Å². The molecule has 0 spiro atoms. The number of allylic oxidation sites excluding steroid dienone is 2. The van der Waals surface area contributed by atoms with Gasteiger partial charge in [0.15, 0.2) is 11.6 Å². The van der Waals surface area contributed by atoms with Crippen molar-refractivity contribution in [1.82, 2.24) is 5.16 Å². The van der Waals surface area contributed by atoms with E-state index in [2.05, 4.69) is 10.1 Å². The first-order valence-electron chi connectivity index (χ1n) is 10.4. The van der Waals surface area contributed by atoms with Crippen LogP contribution in [-0.2, 0) is 17.6 Å². The molecule has 0 aliphatic heterocycles. The van der Waals surface area contributed by atoms with Gasteiger partial charge < -0.3 is 9.63 Å². The number of carbonyl (C=O) groups excluding carboxylic acids is 2. The molecule has 1 heterocycles. The molecular weight excluding hydrogens is 380 g/mol. The summed E-state index contributed by atoms with van der Waals surface area (Å²) in [6, 6.07) is 9.43. The second kappa shape index (κ2) is 8.01. The van der Waals surface area contributed by atoms with Gasteiger partial charge in [-0.15, -0.1) is 0 Å². The van der Waals surface area contributed by atoms with E-state index in [4.69, 9.17) is 4.52 Å². The Balaban J connectivity index is 1.58. The minimum Gasteiger partial charge on any atom is -0.511 e. The van der Waals surface area contributed by atoms with Gasteiger partial charge in [-0.25, -0.2) is 0 Å². The number of aliphatic imine (C=N–C) groups is 1. The highest BCUT2D eigenvalue weighted by Gasteiger charge is 2.36. The van der Waals surface area contributed by atoms with Gasteiger partial charge in [0.2, 0.25) is 0 Å². The van der Waals surface area contributed by atoms with Crippen molar-refractivity contribution in [2.45, 2.75) is 58.8 Å². The molecule has 0 unspecified atom stereocenters. The van der Waals surface area contributed by atoms with Crippen LogP contribution in [-0.4, -0.2) is 27.5 Å². The monoisotopic (exact) mass is 406 g/mol. The highest BCUT2D eigenvalue weighted by atomic mass is 16.5. The Labute approximate surface area is 175 Å². The quantitative estimate of drug-likeness (QED) is 0.563. The largest absolute Gasteiger partial charge is 0.511 e. The summed E-state index contributed by atoms with van der Waals surface area (Å²) in [5, 5.41) is 14.9. The maximum Gasteiger partial charge on any atom is 0.168 e. The smallest absolute Gasteiger partial charge is 0.168 e. The molecule has 0 radical (unpaired) electrons. The van der Waals surface area contributed by atoms with Crippen molar-refractivity contribution in [3.8, 4) is 0 Å². The van der Waals surface area contributed by atoms with Gasteiger partial charge in [0.05, 0.1) is 28.2 Å². The molecule has 2 aliphatic carbocycles. The zero-order valence-corrected chi connectivity index (χ0v) is 17.4. The van der Waals surface area contributed by atoms with Gasteiger partial charge in [-0.3, -0.25) is 14.6 Å². The second-order valence-electron chi connectivity index (χ2n) is 8.86. The molecule has 156 valence electrons. The van der Waals surface area contributed by atoms with E-state index in [0.29, 0.717) is 60.4 Å². The third kappa shape index (κ3) is 4.13. The minimum atomic E-state index is -0.137. The predicted molar refractivity (Wildman–Crippen MR) is 113 cm³/mol. The summed E-state index contributed by atoms with van der Waals surface area (Å²) < 4.78 is 5.43. The number of nitrogens with zero attached hydrogens (tertiary/aromatic N) is 2. The lowest BCUT2D eigenvalue weighted by atomic mass is 9.76. The summed E-state index contributed by atoms with van der Waals surface area (Å²) in [5.41, 5.74) is 2.67. The van der Waals surface area contributed by atoms with E-state index in [1.807, 2.05) is 44.2 Å². The number of aromatic nitrogens is 1. The Kier molecular flexibility index (Phi) is 5.41. The summed E-state index contributed by atoms with van der Waals surface area (Å²) in [5.74, 6) is 0.575. The summed E-state index contributed by atoms with van der Waals surface area (Å²) in [6.07, 6.45) is 3.44. The Morgan fingerprint density at radius 2 is 1.90 bits per heavy atom. The first-order valence-corrected chi connectivity index (χ1v) is 10.4. The lowest BCUT2D eigenvalue weighted by Crippen LogP contribution is -2.26. The van der Waals surface area contributed by atoms with E-state index in [9.17, 15) is 14.7 Å². The van der Waals surface area contributed by atoms with Crippen LogP contribution in [0.25, 0.3) is 0 Å². The zero-order chi connectivity index (χ0) is 21.3. The number of benzene rings is 1. The first kappa shape index (κ1) is 20.3. The molecule has 30 heavy (non-hydrogen) atoms. The van der Waals surface area contributed by atoms with Crippen LogP contribution in [0.15, 0.2) is 51.2 Å². The molecule has 2 aromatic rings. The molecule has 0 bridgehead atoms. The molecule has 6 nitrogen and oxygen atoms in total. The van der Waals surface area contributed by atoms with Crippen molar-refractivity contribution in [3.63, 3.8) is 0 Å². The molecule has 0 saturated heterocycles. The SMILES string of the molecule is CC1(C)CC(=O)c2c(CC/C(O)=C3\C(=O)CCCC3=Nc3ccccc3)noc2C1. The molecule has 6 heteroatoms. The number of hydrogen-bond acceptors (Lipinski definition) is 6. The van der Waals surface area contributed by atoms with Crippen LogP contribution in [0, 0.1) is 5.41 Å². The van der Waals surface area contributed by atoms with Gasteiger partial charge in [-0.1, -0.05) is 37.2 Å². The van der Waals surface area contributed by atoms with Crippen LogP contribution in [0.4, 0.5) is 5.69 Å². The van der Waals surface area contributed by atoms with Crippen molar-refractivity contribution in [1.29, 1.82) is 0 Å². The van der Waals surface area contributed by atoms with E-state index < -0.39 is 0 Å². The van der Waals surface area contributed by atoms with Gasteiger partial charge in [-0.2, -0.15) is 0 Å². The third-order valence-corrected chi connectivity index (χ3v) is 5.68. The summed E-state index contributed by atoms with van der Waals surface area (Å²) in [7, 11) is 0. The normalized spacial score (nSPS) is 21.6. The fourth-order valence-electron chi connectivity index (χ4n) is 4.28. The Morgan fingerprint density at radius 1 is 1.13 bits per heavy atom. The predicted octanol–water partition coefficient (Wildman–Crippen LogP) is 5.10. The van der Waals surface area contributed by atoms with Gasteiger partial charge in [0.25, 0.3) is 0 Å². The fourth-order valence-corrected chi connectivity index (χ4v) is 4.28. The highest BCUT2D eigenvalue weighted by molar-refractivity contribution is 6.24. The van der Waals surface area contributed by atoms with Crippen molar-refractivity contribution < 1.29 is 19.2 Å². The van der Waals surface area contributed by atoms with Gasteiger partial charge in [0.1, 0.15) is 11.5 Å². The van der Waals surface area contributed by atoms with Crippen molar-refractivity contribution in [3.05, 3.63) is 58.7 Å².